The average molecular weight is 512 g/mol. The van der Waals surface area contributed by atoms with Crippen LogP contribution in [0.25, 0.3) is 25.4 Å². The van der Waals surface area contributed by atoms with Crippen LogP contribution in [-0.4, -0.2) is 4.98 Å². The van der Waals surface area contributed by atoms with Crippen LogP contribution in [0.1, 0.15) is 42.4 Å². The van der Waals surface area contributed by atoms with Crippen LogP contribution in [0.15, 0.2) is 54.7 Å². The van der Waals surface area contributed by atoms with E-state index in [0.717, 1.165) is 41.8 Å². The Bertz CT molecular complexity index is 1610. The highest BCUT2D eigenvalue weighted by atomic mass is 19.1. The van der Waals surface area contributed by atoms with Crippen LogP contribution in [0.3, 0.4) is 0 Å². The molecule has 0 radical (unpaired) electrons. The molecule has 0 spiro atoms. The van der Waals surface area contributed by atoms with Gasteiger partial charge in [-0.15, -0.1) is 0 Å². The van der Waals surface area contributed by atoms with Gasteiger partial charge in [-0.25, -0.2) is 27.7 Å². The van der Waals surface area contributed by atoms with Gasteiger partial charge in [0.1, 0.15) is 17.5 Å². The molecule has 1 aliphatic carbocycles. The highest BCUT2D eigenvalue weighted by Crippen LogP contribution is 2.35. The van der Waals surface area contributed by atoms with Gasteiger partial charge in [-0.2, -0.15) is 0 Å². The maximum absolute atomic E-state index is 13.3. The Morgan fingerprint density at radius 3 is 2.13 bits per heavy atom. The first-order chi connectivity index (χ1) is 18.2. The Hall–Kier alpha value is -4.87. The zero-order valence-electron chi connectivity index (χ0n) is 20.9. The number of benzene rings is 3. The average Bonchev–Trinajstić information content (AvgIpc) is 2.89. The lowest BCUT2D eigenvalue weighted by molar-refractivity contribution is 0.578. The molecule has 0 saturated heterocycles. The molecule has 0 saturated carbocycles. The molecule has 0 fully saturated rings. The van der Waals surface area contributed by atoms with E-state index in [4.69, 9.17) is 25.5 Å². The standard InChI is InChI=1S/C12H12FN.C11H7FN2.C7H5FN2/c1-8-4-3-5-9-6-11(13)12(14-2)7-10(8)9;1-7-3-4-14-10-6-9(12)11(13-2)5-8(7)10;1-10-7-3-2-5(9)4-6(7)8/h6-8H,3-5H2,1H3;3-6H,1H3;2-4H,9H2. The third-order valence-electron chi connectivity index (χ3n) is 6.18. The molecule has 1 aromatic heterocycles. The second-order valence-electron chi connectivity index (χ2n) is 8.79. The van der Waals surface area contributed by atoms with Crippen molar-refractivity contribution in [2.24, 2.45) is 0 Å². The first-order valence-corrected chi connectivity index (χ1v) is 11.7. The second-order valence-corrected chi connectivity index (χ2v) is 8.79. The monoisotopic (exact) mass is 511 g/mol. The molecule has 5 nitrogen and oxygen atoms in total. The molecular formula is C30H24F3N5. The normalized spacial score (nSPS) is 13.4. The Kier molecular flexibility index (Phi) is 9.04. The maximum atomic E-state index is 13.3. The van der Waals surface area contributed by atoms with Gasteiger partial charge in [0.25, 0.3) is 0 Å². The number of hydrogen-bond donors (Lipinski definition) is 1. The lowest BCUT2D eigenvalue weighted by Crippen LogP contribution is -2.07. The first-order valence-electron chi connectivity index (χ1n) is 11.7. The van der Waals surface area contributed by atoms with Gasteiger partial charge in [-0.1, -0.05) is 18.6 Å². The first kappa shape index (κ1) is 27.7. The fraction of sp³-hybridized carbons (Fsp3) is 0.200. The van der Waals surface area contributed by atoms with Crippen molar-refractivity contribution >= 4 is 33.7 Å². The molecule has 3 aromatic carbocycles. The molecule has 1 aliphatic rings. The number of aromatic nitrogens is 1. The van der Waals surface area contributed by atoms with Crippen LogP contribution in [-0.2, 0) is 6.42 Å². The minimum atomic E-state index is -0.560. The van der Waals surface area contributed by atoms with Crippen LogP contribution in [0.5, 0.6) is 0 Å². The summed E-state index contributed by atoms with van der Waals surface area (Å²) in [6.45, 7) is 24.2. The molecule has 1 heterocycles. The fourth-order valence-electron chi connectivity index (χ4n) is 4.13. The molecular weight excluding hydrogens is 487 g/mol. The predicted octanol–water partition coefficient (Wildman–Crippen LogP) is 9.01. The molecule has 8 heteroatoms. The Balaban J connectivity index is 0.000000161. The zero-order valence-corrected chi connectivity index (χ0v) is 20.9. The van der Waals surface area contributed by atoms with E-state index in [2.05, 4.69) is 26.4 Å². The molecule has 0 amide bonds. The SMILES string of the molecule is [C-]#[N+]c1cc2c(C)ccnc2cc1F.[C-]#[N+]c1cc2c(cc1F)CCCC2C.[C-]#[N+]c1ccc(N)cc1F. The number of anilines is 1. The lowest BCUT2D eigenvalue weighted by atomic mass is 9.84. The van der Waals surface area contributed by atoms with Gasteiger partial charge < -0.3 is 5.73 Å². The summed E-state index contributed by atoms with van der Waals surface area (Å²) in [5, 5.41) is 0.833. The second kappa shape index (κ2) is 12.4. The van der Waals surface area contributed by atoms with Crippen molar-refractivity contribution in [3.8, 4) is 0 Å². The van der Waals surface area contributed by atoms with Gasteiger partial charge in [0.05, 0.1) is 25.2 Å². The molecule has 190 valence electrons. The van der Waals surface area contributed by atoms with Crippen LogP contribution < -0.4 is 5.73 Å². The van der Waals surface area contributed by atoms with Gasteiger partial charge in [0.15, 0.2) is 0 Å². The zero-order chi connectivity index (χ0) is 27.8. The van der Waals surface area contributed by atoms with E-state index >= 15 is 0 Å². The third-order valence-corrected chi connectivity index (χ3v) is 6.18. The number of aryl methyl sites for hydroxylation is 2. The number of nitrogens with zero attached hydrogens (tertiary/aromatic N) is 4. The number of pyridine rings is 1. The topological polar surface area (TPSA) is 52.0 Å². The Labute approximate surface area is 219 Å². The third kappa shape index (κ3) is 6.46. The fourth-order valence-corrected chi connectivity index (χ4v) is 4.13. The van der Waals surface area contributed by atoms with E-state index in [-0.39, 0.29) is 22.9 Å². The van der Waals surface area contributed by atoms with Crippen LogP contribution in [0.2, 0.25) is 0 Å². The molecule has 0 aliphatic heterocycles. The van der Waals surface area contributed by atoms with Crippen molar-refractivity contribution < 1.29 is 13.2 Å². The quantitative estimate of drug-likeness (QED) is 0.189. The van der Waals surface area contributed by atoms with Crippen molar-refractivity contribution in [2.45, 2.75) is 39.0 Å². The van der Waals surface area contributed by atoms with Crippen molar-refractivity contribution in [1.29, 1.82) is 0 Å². The maximum Gasteiger partial charge on any atom is 0.222 e. The predicted molar refractivity (Wildman–Crippen MR) is 144 cm³/mol. The number of nitrogen functional groups attached to an aromatic ring is 1. The number of rotatable bonds is 0. The van der Waals surface area contributed by atoms with E-state index in [1.54, 1.807) is 24.4 Å². The minimum Gasteiger partial charge on any atom is -0.399 e. The van der Waals surface area contributed by atoms with E-state index in [1.807, 2.05) is 13.0 Å². The summed E-state index contributed by atoms with van der Waals surface area (Å²) in [7, 11) is 0. The Morgan fingerprint density at radius 1 is 0.842 bits per heavy atom. The Morgan fingerprint density at radius 2 is 1.47 bits per heavy atom. The van der Waals surface area contributed by atoms with Gasteiger partial charge in [-0.3, -0.25) is 4.98 Å². The molecule has 0 bridgehead atoms. The van der Waals surface area contributed by atoms with Crippen molar-refractivity contribution in [3.63, 3.8) is 0 Å². The summed E-state index contributed by atoms with van der Waals surface area (Å²) < 4.78 is 39.0. The minimum absolute atomic E-state index is 0.00852. The summed E-state index contributed by atoms with van der Waals surface area (Å²) >= 11 is 0. The van der Waals surface area contributed by atoms with E-state index in [1.165, 1.54) is 23.8 Å². The molecule has 1 atom stereocenters. The number of halogens is 3. The highest BCUT2D eigenvalue weighted by molar-refractivity contribution is 5.85. The molecule has 4 aromatic rings. The molecule has 2 N–H and O–H groups in total. The van der Waals surface area contributed by atoms with Crippen molar-refractivity contribution in [1.82, 2.24) is 4.98 Å². The van der Waals surface area contributed by atoms with E-state index in [9.17, 15) is 13.2 Å². The number of hydrogen-bond acceptors (Lipinski definition) is 2. The van der Waals surface area contributed by atoms with Gasteiger partial charge in [0, 0.05) is 11.9 Å². The summed E-state index contributed by atoms with van der Waals surface area (Å²) in [5.41, 5.74) is 9.65. The van der Waals surface area contributed by atoms with Crippen LogP contribution in [0.4, 0.5) is 35.9 Å². The summed E-state index contributed by atoms with van der Waals surface area (Å²) in [6, 6.07) is 11.9. The van der Waals surface area contributed by atoms with Gasteiger partial charge in [-0.05, 0) is 91.1 Å². The van der Waals surface area contributed by atoms with Gasteiger partial charge in [0.2, 0.25) is 17.1 Å². The van der Waals surface area contributed by atoms with Crippen LogP contribution >= 0.6 is 0 Å². The van der Waals surface area contributed by atoms with E-state index < -0.39 is 11.6 Å². The number of fused-ring (bicyclic) bond motifs is 2. The molecule has 38 heavy (non-hydrogen) atoms. The highest BCUT2D eigenvalue weighted by Gasteiger charge is 2.18. The molecule has 5 rings (SSSR count). The van der Waals surface area contributed by atoms with E-state index in [0.29, 0.717) is 17.1 Å². The summed E-state index contributed by atoms with van der Waals surface area (Å²) in [4.78, 5) is 13.3. The largest absolute Gasteiger partial charge is 0.399 e. The number of nitrogens with two attached hydrogens (primary N) is 1. The molecule has 1 unspecified atom stereocenters. The summed E-state index contributed by atoms with van der Waals surface area (Å²) in [6.07, 6.45) is 4.87. The lowest BCUT2D eigenvalue weighted by Gasteiger charge is -2.22. The summed E-state index contributed by atoms with van der Waals surface area (Å²) in [5.74, 6) is -0.965. The smallest absolute Gasteiger partial charge is 0.222 e. The van der Waals surface area contributed by atoms with Crippen LogP contribution in [0, 0.1) is 44.1 Å². The van der Waals surface area contributed by atoms with Crippen molar-refractivity contribution in [2.75, 3.05) is 5.73 Å². The van der Waals surface area contributed by atoms with Crippen molar-refractivity contribution in [3.05, 3.63) is 123 Å². The van der Waals surface area contributed by atoms with Gasteiger partial charge >= 0.3 is 0 Å².